The molecule has 84 valence electrons. The van der Waals surface area contributed by atoms with Crippen molar-refractivity contribution in [1.29, 1.82) is 0 Å². The minimum absolute atomic E-state index is 0.941. The lowest BCUT2D eigenvalue weighted by Crippen LogP contribution is -1.86. The molecular formula is C16H15N. The van der Waals surface area contributed by atoms with Crippen LogP contribution in [0.2, 0.25) is 0 Å². The van der Waals surface area contributed by atoms with Crippen LogP contribution in [0.3, 0.4) is 0 Å². The summed E-state index contributed by atoms with van der Waals surface area (Å²) >= 11 is 0. The molecule has 0 spiro atoms. The van der Waals surface area contributed by atoms with E-state index in [0.29, 0.717) is 0 Å². The molecule has 0 saturated heterocycles. The zero-order valence-electron chi connectivity index (χ0n) is 9.93. The smallest absolute Gasteiger partial charge is 0.0729 e. The molecule has 0 radical (unpaired) electrons. The van der Waals surface area contributed by atoms with Crippen molar-refractivity contribution in [1.82, 2.24) is 0 Å². The van der Waals surface area contributed by atoms with Crippen molar-refractivity contribution in [2.75, 3.05) is 0 Å². The predicted octanol–water partition coefficient (Wildman–Crippen LogP) is 4.28. The Balaban J connectivity index is 2.52. The summed E-state index contributed by atoms with van der Waals surface area (Å²) in [6.45, 7) is 5.75. The Bertz CT molecular complexity index is 524. The van der Waals surface area contributed by atoms with Gasteiger partial charge in [-0.1, -0.05) is 60.7 Å². The van der Waals surface area contributed by atoms with Crippen molar-refractivity contribution in [3.8, 4) is 0 Å². The molecular weight excluding hydrogens is 206 g/mol. The Kier molecular flexibility index (Phi) is 3.51. The van der Waals surface area contributed by atoms with Gasteiger partial charge in [-0.15, -0.1) is 0 Å². The molecule has 0 fully saturated rings. The first-order valence-electron chi connectivity index (χ1n) is 5.61. The van der Waals surface area contributed by atoms with Crippen LogP contribution in [0.15, 0.2) is 65.7 Å². The summed E-state index contributed by atoms with van der Waals surface area (Å²) in [7, 11) is 0. The number of aliphatic imine (C=N–C) groups is 1. The molecule has 1 heteroatoms. The van der Waals surface area contributed by atoms with Crippen LogP contribution in [-0.2, 0) is 0 Å². The molecule has 0 aliphatic rings. The molecule has 1 nitrogen and oxygen atoms in total. The third kappa shape index (κ3) is 2.51. The number of hydrogen-bond acceptors (Lipinski definition) is 1. The van der Waals surface area contributed by atoms with Crippen LogP contribution in [0.1, 0.15) is 18.1 Å². The summed E-state index contributed by atoms with van der Waals surface area (Å²) in [6, 6.07) is 20.4. The zero-order valence-corrected chi connectivity index (χ0v) is 9.93. The van der Waals surface area contributed by atoms with Gasteiger partial charge in [0.25, 0.3) is 0 Å². The van der Waals surface area contributed by atoms with Gasteiger partial charge in [0, 0.05) is 5.56 Å². The highest BCUT2D eigenvalue weighted by Gasteiger charge is 2.04. The van der Waals surface area contributed by atoms with E-state index in [1.54, 1.807) is 0 Å². The van der Waals surface area contributed by atoms with Crippen LogP contribution in [0.4, 0.5) is 0 Å². The van der Waals surface area contributed by atoms with Gasteiger partial charge in [0.05, 0.1) is 5.70 Å². The lowest BCUT2D eigenvalue weighted by Gasteiger charge is -2.08. The van der Waals surface area contributed by atoms with Crippen LogP contribution in [0, 0.1) is 0 Å². The molecule has 17 heavy (non-hydrogen) atoms. The zero-order chi connectivity index (χ0) is 12.1. The molecule has 0 amide bonds. The van der Waals surface area contributed by atoms with E-state index in [4.69, 9.17) is 0 Å². The molecule has 0 heterocycles. The topological polar surface area (TPSA) is 12.4 Å². The Morgan fingerprint density at radius 3 is 1.76 bits per heavy atom. The molecule has 0 saturated carbocycles. The molecule has 0 unspecified atom stereocenters. The molecule has 0 aliphatic carbocycles. The molecule has 0 N–H and O–H groups in total. The Morgan fingerprint density at radius 2 is 1.29 bits per heavy atom. The molecule has 2 aromatic carbocycles. The molecule has 0 atom stereocenters. The minimum atomic E-state index is 0.941. The normalized spacial score (nSPS) is 11.8. The summed E-state index contributed by atoms with van der Waals surface area (Å²) in [5, 5.41) is 0. The Hall–Kier alpha value is -2.15. The van der Waals surface area contributed by atoms with Crippen molar-refractivity contribution in [3.63, 3.8) is 0 Å². The second-order valence-corrected chi connectivity index (χ2v) is 3.86. The maximum Gasteiger partial charge on any atom is 0.0729 e. The molecule has 0 aliphatic heterocycles. The van der Waals surface area contributed by atoms with Crippen molar-refractivity contribution < 1.29 is 0 Å². The van der Waals surface area contributed by atoms with E-state index in [1.165, 1.54) is 5.56 Å². The van der Waals surface area contributed by atoms with E-state index in [9.17, 15) is 0 Å². The van der Waals surface area contributed by atoms with E-state index < -0.39 is 0 Å². The van der Waals surface area contributed by atoms with Gasteiger partial charge in [-0.2, -0.15) is 0 Å². The lowest BCUT2D eigenvalue weighted by atomic mass is 10.0. The van der Waals surface area contributed by atoms with E-state index >= 15 is 0 Å². The summed E-state index contributed by atoms with van der Waals surface area (Å²) in [5.41, 5.74) is 4.37. The van der Waals surface area contributed by atoms with Crippen LogP contribution in [-0.4, -0.2) is 6.72 Å². The number of benzene rings is 2. The molecule has 2 rings (SSSR count). The van der Waals surface area contributed by atoms with E-state index in [0.717, 1.165) is 16.8 Å². The van der Waals surface area contributed by atoms with Gasteiger partial charge in [-0.05, 0) is 24.8 Å². The number of nitrogens with zero attached hydrogens (tertiary/aromatic N) is 1. The SMILES string of the molecule is C=N/C(=C(\C)c1ccccc1)c1ccccc1. The van der Waals surface area contributed by atoms with Crippen molar-refractivity contribution in [2.45, 2.75) is 6.92 Å². The highest BCUT2D eigenvalue weighted by molar-refractivity contribution is 5.90. The predicted molar refractivity (Wildman–Crippen MR) is 74.9 cm³/mol. The summed E-state index contributed by atoms with van der Waals surface area (Å²) < 4.78 is 0. The van der Waals surface area contributed by atoms with Crippen LogP contribution in [0.25, 0.3) is 11.3 Å². The van der Waals surface area contributed by atoms with Crippen molar-refractivity contribution >= 4 is 18.0 Å². The standard InChI is InChI=1S/C16H15N/c1-13(14-9-5-3-6-10-14)16(17-2)15-11-7-4-8-12-15/h3-12H,2H2,1H3/b16-13+. The van der Waals surface area contributed by atoms with Gasteiger partial charge in [0.1, 0.15) is 0 Å². The van der Waals surface area contributed by atoms with Crippen LogP contribution < -0.4 is 0 Å². The third-order valence-electron chi connectivity index (χ3n) is 2.77. The monoisotopic (exact) mass is 221 g/mol. The molecule has 2 aromatic rings. The fourth-order valence-electron chi connectivity index (χ4n) is 1.85. The molecule has 0 aromatic heterocycles. The van der Waals surface area contributed by atoms with Gasteiger partial charge in [-0.3, -0.25) is 4.99 Å². The fourth-order valence-corrected chi connectivity index (χ4v) is 1.85. The quantitative estimate of drug-likeness (QED) is 0.542. The first-order valence-corrected chi connectivity index (χ1v) is 5.61. The van der Waals surface area contributed by atoms with E-state index in [-0.39, 0.29) is 0 Å². The summed E-state index contributed by atoms with van der Waals surface area (Å²) in [4.78, 5) is 4.16. The lowest BCUT2D eigenvalue weighted by molar-refractivity contribution is 1.48. The maximum absolute atomic E-state index is 4.16. The summed E-state index contributed by atoms with van der Waals surface area (Å²) in [6.07, 6.45) is 0. The maximum atomic E-state index is 4.16. The number of hydrogen-bond donors (Lipinski definition) is 0. The highest BCUT2D eigenvalue weighted by atomic mass is 14.7. The van der Waals surface area contributed by atoms with E-state index in [1.807, 2.05) is 36.4 Å². The first-order chi connectivity index (χ1) is 8.33. The van der Waals surface area contributed by atoms with Gasteiger partial charge in [0.2, 0.25) is 0 Å². The van der Waals surface area contributed by atoms with Crippen LogP contribution >= 0.6 is 0 Å². The Morgan fingerprint density at radius 1 is 0.824 bits per heavy atom. The number of allylic oxidation sites excluding steroid dienone is 1. The van der Waals surface area contributed by atoms with Gasteiger partial charge < -0.3 is 0 Å². The Labute approximate surface area is 102 Å². The third-order valence-corrected chi connectivity index (χ3v) is 2.77. The van der Waals surface area contributed by atoms with Gasteiger partial charge in [0.15, 0.2) is 0 Å². The van der Waals surface area contributed by atoms with Gasteiger partial charge in [-0.25, -0.2) is 0 Å². The largest absolute Gasteiger partial charge is 0.264 e. The second kappa shape index (κ2) is 5.26. The molecule has 0 bridgehead atoms. The average molecular weight is 221 g/mol. The van der Waals surface area contributed by atoms with Gasteiger partial charge >= 0.3 is 0 Å². The summed E-state index contributed by atoms with van der Waals surface area (Å²) in [5.74, 6) is 0. The number of rotatable bonds is 3. The second-order valence-electron chi connectivity index (χ2n) is 3.86. The fraction of sp³-hybridized carbons (Fsp3) is 0.0625. The highest BCUT2D eigenvalue weighted by Crippen LogP contribution is 2.26. The van der Waals surface area contributed by atoms with Crippen molar-refractivity contribution in [2.24, 2.45) is 4.99 Å². The van der Waals surface area contributed by atoms with Crippen molar-refractivity contribution in [3.05, 3.63) is 71.8 Å². The first kappa shape index (κ1) is 11.3. The average Bonchev–Trinajstić information content (AvgIpc) is 2.42. The minimum Gasteiger partial charge on any atom is -0.264 e. The van der Waals surface area contributed by atoms with E-state index in [2.05, 4.69) is 42.9 Å². The van der Waals surface area contributed by atoms with Crippen LogP contribution in [0.5, 0.6) is 0 Å².